The summed E-state index contributed by atoms with van der Waals surface area (Å²) >= 11 is 6.67. The fourth-order valence-corrected chi connectivity index (χ4v) is 3.49. The summed E-state index contributed by atoms with van der Waals surface area (Å²) < 4.78 is 2.15. The highest BCUT2D eigenvalue weighted by Crippen LogP contribution is 2.24. The first-order valence-corrected chi connectivity index (χ1v) is 9.04. The summed E-state index contributed by atoms with van der Waals surface area (Å²) in [4.78, 5) is 24.2. The lowest BCUT2D eigenvalue weighted by molar-refractivity contribution is 0.102. The number of anilines is 1. The van der Waals surface area contributed by atoms with Gasteiger partial charge in [-0.15, -0.1) is 11.3 Å². The summed E-state index contributed by atoms with van der Waals surface area (Å²) in [6.07, 6.45) is 5.04. The number of carbonyl (C=O) groups excluding carboxylic acids is 1. The predicted octanol–water partition coefficient (Wildman–Crippen LogP) is 4.31. The zero-order chi connectivity index (χ0) is 17.9. The molecule has 0 fully saturated rings. The van der Waals surface area contributed by atoms with Crippen LogP contribution in [0.3, 0.4) is 0 Å². The van der Waals surface area contributed by atoms with Gasteiger partial charge in [0, 0.05) is 35.2 Å². The van der Waals surface area contributed by atoms with E-state index in [1.54, 1.807) is 23.2 Å². The SMILES string of the molecule is O=C(Nc1nc(-c2cccnc2)cs1)c1c[nH]c(=S)n1-c1ccccc1. The summed E-state index contributed by atoms with van der Waals surface area (Å²) in [6.45, 7) is 0. The molecule has 0 saturated heterocycles. The predicted molar refractivity (Wildman–Crippen MR) is 104 cm³/mol. The van der Waals surface area contributed by atoms with Gasteiger partial charge in [0.2, 0.25) is 0 Å². The van der Waals surface area contributed by atoms with E-state index in [9.17, 15) is 4.79 Å². The number of pyridine rings is 1. The summed E-state index contributed by atoms with van der Waals surface area (Å²) in [5.41, 5.74) is 2.91. The van der Waals surface area contributed by atoms with Crippen molar-refractivity contribution in [2.45, 2.75) is 0 Å². The molecule has 0 aliphatic heterocycles. The Kier molecular flexibility index (Phi) is 4.42. The molecule has 2 N–H and O–H groups in total. The van der Waals surface area contributed by atoms with Crippen LogP contribution in [0, 0.1) is 4.77 Å². The van der Waals surface area contributed by atoms with Gasteiger partial charge in [-0.1, -0.05) is 18.2 Å². The number of nitrogens with zero attached hydrogens (tertiary/aromatic N) is 3. The minimum absolute atomic E-state index is 0.284. The molecule has 1 aromatic carbocycles. The Morgan fingerprint density at radius 3 is 2.81 bits per heavy atom. The molecule has 3 aromatic heterocycles. The monoisotopic (exact) mass is 379 g/mol. The molecule has 0 bridgehead atoms. The average Bonchev–Trinajstić information content (AvgIpc) is 3.30. The summed E-state index contributed by atoms with van der Waals surface area (Å²) in [7, 11) is 0. The molecule has 1 amide bonds. The van der Waals surface area contributed by atoms with E-state index in [2.05, 4.69) is 20.3 Å². The van der Waals surface area contributed by atoms with Crippen molar-refractivity contribution in [2.75, 3.05) is 5.32 Å². The Hall–Kier alpha value is -3.10. The fourth-order valence-electron chi connectivity index (χ4n) is 2.51. The molecule has 0 saturated carbocycles. The van der Waals surface area contributed by atoms with Crippen LogP contribution in [0.2, 0.25) is 0 Å². The summed E-state index contributed by atoms with van der Waals surface area (Å²) in [5, 5.41) is 5.23. The van der Waals surface area contributed by atoms with Crippen molar-refractivity contribution in [1.29, 1.82) is 0 Å². The van der Waals surface area contributed by atoms with Crippen LogP contribution in [0.1, 0.15) is 10.5 Å². The smallest absolute Gasteiger partial charge is 0.276 e. The van der Waals surface area contributed by atoms with Crippen molar-refractivity contribution < 1.29 is 4.79 Å². The number of hydrogen-bond donors (Lipinski definition) is 2. The van der Waals surface area contributed by atoms with Crippen molar-refractivity contribution in [3.8, 4) is 16.9 Å². The topological polar surface area (TPSA) is 75.6 Å². The highest BCUT2D eigenvalue weighted by molar-refractivity contribution is 7.71. The number of imidazole rings is 1. The van der Waals surface area contributed by atoms with E-state index in [0.717, 1.165) is 16.9 Å². The van der Waals surface area contributed by atoms with Crippen LogP contribution in [0.5, 0.6) is 0 Å². The van der Waals surface area contributed by atoms with Crippen molar-refractivity contribution in [1.82, 2.24) is 19.5 Å². The number of aromatic nitrogens is 4. The number of nitrogens with one attached hydrogen (secondary N) is 2. The van der Waals surface area contributed by atoms with Crippen LogP contribution in [-0.2, 0) is 0 Å². The van der Waals surface area contributed by atoms with E-state index in [4.69, 9.17) is 12.2 Å². The maximum atomic E-state index is 12.7. The van der Waals surface area contributed by atoms with Gasteiger partial charge < -0.3 is 4.98 Å². The van der Waals surface area contributed by atoms with Crippen molar-refractivity contribution in [3.63, 3.8) is 0 Å². The van der Waals surface area contributed by atoms with Crippen LogP contribution in [0.4, 0.5) is 5.13 Å². The highest BCUT2D eigenvalue weighted by Gasteiger charge is 2.16. The van der Waals surface area contributed by atoms with Crippen LogP contribution in [0.25, 0.3) is 16.9 Å². The molecule has 128 valence electrons. The molecule has 4 aromatic rings. The number of hydrogen-bond acceptors (Lipinski definition) is 5. The van der Waals surface area contributed by atoms with Gasteiger partial charge in [0.1, 0.15) is 5.69 Å². The summed E-state index contributed by atoms with van der Waals surface area (Å²) in [5.74, 6) is -0.284. The third-order valence-corrected chi connectivity index (χ3v) is 4.76. The maximum Gasteiger partial charge on any atom is 0.276 e. The Morgan fingerprint density at radius 2 is 2.04 bits per heavy atom. The maximum absolute atomic E-state index is 12.7. The van der Waals surface area contributed by atoms with Crippen LogP contribution in [-0.4, -0.2) is 25.4 Å². The molecular formula is C18H13N5OS2. The Labute approximate surface area is 158 Å². The largest absolute Gasteiger partial charge is 0.336 e. The third kappa shape index (κ3) is 3.19. The average molecular weight is 379 g/mol. The molecule has 0 spiro atoms. The Balaban J connectivity index is 1.61. The van der Waals surface area contributed by atoms with Gasteiger partial charge in [-0.3, -0.25) is 19.7 Å². The lowest BCUT2D eigenvalue weighted by atomic mass is 10.2. The third-order valence-electron chi connectivity index (χ3n) is 3.71. The Bertz CT molecular complexity index is 1100. The van der Waals surface area contributed by atoms with Crippen LogP contribution < -0.4 is 5.32 Å². The van der Waals surface area contributed by atoms with Gasteiger partial charge in [-0.25, -0.2) is 4.98 Å². The van der Waals surface area contributed by atoms with Crippen molar-refractivity contribution >= 4 is 34.6 Å². The van der Waals surface area contributed by atoms with E-state index in [1.165, 1.54) is 11.3 Å². The first-order chi connectivity index (χ1) is 12.7. The molecule has 0 radical (unpaired) electrons. The summed E-state index contributed by atoms with van der Waals surface area (Å²) in [6, 6.07) is 13.3. The molecule has 8 heteroatoms. The number of amides is 1. The van der Waals surface area contributed by atoms with Crippen molar-refractivity contribution in [3.05, 3.63) is 76.9 Å². The number of para-hydroxylation sites is 1. The van der Waals surface area contributed by atoms with E-state index in [-0.39, 0.29) is 5.91 Å². The molecule has 4 rings (SSSR count). The molecule has 0 atom stereocenters. The van der Waals surface area contributed by atoms with Crippen molar-refractivity contribution in [2.24, 2.45) is 0 Å². The normalized spacial score (nSPS) is 10.6. The lowest BCUT2D eigenvalue weighted by Gasteiger charge is -2.07. The van der Waals surface area contributed by atoms with Gasteiger partial charge in [0.05, 0.1) is 5.69 Å². The lowest BCUT2D eigenvalue weighted by Crippen LogP contribution is -2.16. The quantitative estimate of drug-likeness (QED) is 0.518. The highest BCUT2D eigenvalue weighted by atomic mass is 32.1. The molecule has 0 aliphatic carbocycles. The van der Waals surface area contributed by atoms with Gasteiger partial charge >= 0.3 is 0 Å². The van der Waals surface area contributed by atoms with E-state index in [0.29, 0.717) is 15.6 Å². The molecule has 6 nitrogen and oxygen atoms in total. The molecule has 0 unspecified atom stereocenters. The molecular weight excluding hydrogens is 366 g/mol. The first kappa shape index (κ1) is 16.4. The zero-order valence-electron chi connectivity index (χ0n) is 13.4. The minimum Gasteiger partial charge on any atom is -0.336 e. The van der Waals surface area contributed by atoms with Crippen LogP contribution >= 0.6 is 23.6 Å². The van der Waals surface area contributed by atoms with Crippen LogP contribution in [0.15, 0.2) is 66.4 Å². The number of H-pyrrole nitrogens is 1. The number of thiazole rings is 1. The zero-order valence-corrected chi connectivity index (χ0v) is 15.1. The first-order valence-electron chi connectivity index (χ1n) is 7.75. The number of rotatable bonds is 4. The second kappa shape index (κ2) is 7.03. The second-order valence-corrected chi connectivity index (χ2v) is 6.63. The number of carbonyl (C=O) groups is 1. The molecule has 26 heavy (non-hydrogen) atoms. The van der Waals surface area contributed by atoms with Gasteiger partial charge in [-0.2, -0.15) is 0 Å². The second-order valence-electron chi connectivity index (χ2n) is 5.38. The number of aromatic amines is 1. The van der Waals surface area contributed by atoms with E-state index in [1.807, 2.05) is 47.8 Å². The van der Waals surface area contributed by atoms with Gasteiger partial charge in [0.25, 0.3) is 5.91 Å². The molecule has 3 heterocycles. The molecule has 0 aliphatic rings. The number of benzene rings is 1. The standard InChI is InChI=1S/C18H13N5OS2/c24-16(15-10-20-18(25)23(15)13-6-2-1-3-7-13)22-17-21-14(11-26-17)12-5-4-8-19-9-12/h1-11H,(H,20,25)(H,21,22,24). The fraction of sp³-hybridized carbons (Fsp3) is 0. The van der Waals surface area contributed by atoms with E-state index >= 15 is 0 Å². The minimum atomic E-state index is -0.284. The van der Waals surface area contributed by atoms with E-state index < -0.39 is 0 Å². The van der Waals surface area contributed by atoms with Gasteiger partial charge in [0.15, 0.2) is 9.90 Å². The Morgan fingerprint density at radius 1 is 1.19 bits per heavy atom. The van der Waals surface area contributed by atoms with Gasteiger partial charge in [-0.05, 0) is 36.5 Å².